The Labute approximate surface area is 768 Å². The van der Waals surface area contributed by atoms with E-state index in [9.17, 15) is 0 Å². The highest BCUT2D eigenvalue weighted by molar-refractivity contribution is 6.15. The number of hydrogen-bond acceptors (Lipinski definition) is 15. The molecule has 1 aliphatic carbocycles. The van der Waals surface area contributed by atoms with Crippen LogP contribution >= 0.6 is 0 Å². The number of rotatable bonds is 9. The molecule has 28 aromatic rings. The molecule has 0 unspecified atom stereocenters. The lowest BCUT2D eigenvalue weighted by atomic mass is 9.81. The van der Waals surface area contributed by atoms with Crippen LogP contribution in [0, 0.1) is 0 Å². The van der Waals surface area contributed by atoms with Crippen LogP contribution in [0.5, 0.6) is 0 Å². The first-order chi connectivity index (χ1) is 66.5. The molecule has 0 fully saturated rings. The summed E-state index contributed by atoms with van der Waals surface area (Å²) in [7, 11) is 0. The highest BCUT2D eigenvalue weighted by Gasteiger charge is 2.37. The second kappa shape index (κ2) is 30.5. The van der Waals surface area contributed by atoms with E-state index in [-0.39, 0.29) is 5.41 Å². The third kappa shape index (κ3) is 13.0. The largest absolute Gasteiger partial charge is 0.456 e. The molecular formula is C120H71N9O6. The molecule has 29 rings (SSSR count). The Balaban J connectivity index is 0.000000104. The van der Waals surface area contributed by atoms with Gasteiger partial charge in [-0.3, -0.25) is 0 Å². The summed E-state index contributed by atoms with van der Waals surface area (Å²) in [6, 6.07) is 134. The molecule has 1 aliphatic rings. The lowest BCUT2D eigenvalue weighted by Gasteiger charge is -2.22. The fourth-order valence-electron chi connectivity index (χ4n) is 19.9. The van der Waals surface area contributed by atoms with Crippen molar-refractivity contribution in [2.75, 3.05) is 0 Å². The molecule has 632 valence electrons. The second-order valence-electron chi connectivity index (χ2n) is 35.0. The highest BCUT2D eigenvalue weighted by atomic mass is 16.3. The Bertz CT molecular complexity index is 9420. The van der Waals surface area contributed by atoms with Crippen LogP contribution in [-0.2, 0) is 5.41 Å². The Hall–Kier alpha value is -18.2. The first-order valence-electron chi connectivity index (χ1n) is 45.0. The zero-order valence-corrected chi connectivity index (χ0v) is 72.5. The van der Waals surface area contributed by atoms with Gasteiger partial charge < -0.3 is 26.5 Å². The minimum absolute atomic E-state index is 0.202. The summed E-state index contributed by atoms with van der Waals surface area (Å²) in [5.74, 6) is 5.39. The van der Waals surface area contributed by atoms with Gasteiger partial charge in [-0.2, -0.15) is 0 Å². The summed E-state index contributed by atoms with van der Waals surface area (Å²) >= 11 is 0. The fourth-order valence-corrected chi connectivity index (χ4v) is 19.9. The summed E-state index contributed by atoms with van der Waals surface area (Å²) in [4.78, 5) is 45.7. The summed E-state index contributed by atoms with van der Waals surface area (Å²) in [6.07, 6.45) is 0. The molecule has 0 atom stereocenters. The van der Waals surface area contributed by atoms with Crippen LogP contribution < -0.4 is 0 Å². The van der Waals surface area contributed by atoms with Gasteiger partial charge in [-0.15, -0.1) is 0 Å². The highest BCUT2D eigenvalue weighted by Crippen LogP contribution is 2.52. The average Bonchev–Trinajstić information content (AvgIpc) is 1.56. The monoisotopic (exact) mass is 1730 g/mol. The van der Waals surface area contributed by atoms with Crippen LogP contribution in [-0.4, -0.2) is 44.9 Å². The van der Waals surface area contributed by atoms with E-state index in [1.807, 2.05) is 194 Å². The van der Waals surface area contributed by atoms with Gasteiger partial charge in [0.2, 0.25) is 0 Å². The predicted molar refractivity (Wildman–Crippen MR) is 542 cm³/mol. The van der Waals surface area contributed by atoms with Crippen molar-refractivity contribution in [2.24, 2.45) is 0 Å². The van der Waals surface area contributed by atoms with Gasteiger partial charge in [0, 0.05) is 120 Å². The van der Waals surface area contributed by atoms with Crippen LogP contribution in [0.1, 0.15) is 25.0 Å². The van der Waals surface area contributed by atoms with Crippen molar-refractivity contribution >= 4 is 164 Å². The average molecular weight is 1730 g/mol. The molecule has 15 nitrogen and oxygen atoms in total. The Morgan fingerprint density at radius 1 is 0.156 bits per heavy atom. The van der Waals surface area contributed by atoms with E-state index in [1.165, 1.54) is 43.8 Å². The zero-order chi connectivity index (χ0) is 89.1. The number of nitrogens with zero attached hydrogens (tertiary/aromatic N) is 9. The van der Waals surface area contributed by atoms with E-state index in [1.54, 1.807) is 0 Å². The van der Waals surface area contributed by atoms with Crippen molar-refractivity contribution in [2.45, 2.75) is 19.3 Å². The molecule has 0 N–H and O–H groups in total. The molecule has 9 aromatic heterocycles. The van der Waals surface area contributed by atoms with E-state index in [0.29, 0.717) is 52.4 Å². The second-order valence-corrected chi connectivity index (χ2v) is 35.0. The van der Waals surface area contributed by atoms with E-state index in [2.05, 4.69) is 214 Å². The van der Waals surface area contributed by atoms with Gasteiger partial charge in [-0.1, -0.05) is 269 Å². The van der Waals surface area contributed by atoms with E-state index in [0.717, 1.165) is 192 Å². The standard InChI is InChI=1S/C46H29N3O2.2C37H21N3O2/c1-46(2)35-25-28(21-22-29(35)34-23-26-11-3-4-12-27(26)24-36(34)46)43-47-44(32-15-9-19-39-41(32)30-13-5-7-17-37(30)50-39)49-45(48-43)33-16-10-20-40-42(33)31-14-6-8-18-38(31)51-40;1-2-8-23-19-24(14-13-22(23)7-1)35-38-36(25-15-17-33-29(20-25)27-9-3-5-11-31(27)41-33)40-37(39-35)26-16-18-34-30(21-26)28-10-4-6-12-32(28)42-34;1-2-8-23-19-24(14-13-22(23)7-1)35-38-36(25-15-17-29-27-9-3-5-11-31(27)41-33(29)20-25)40-37(39-35)26-16-18-30-28-10-4-6-12-32(28)42-34(30)21-26/h3-25H,1-2H3;2*1-21H. The lowest BCUT2D eigenvalue weighted by molar-refractivity contribution is 0.661. The first kappa shape index (κ1) is 76.8. The predicted octanol–water partition coefficient (Wildman–Crippen LogP) is 31.8. The molecule has 0 saturated heterocycles. The normalized spacial score (nSPS) is 12.4. The van der Waals surface area contributed by atoms with Crippen LogP contribution in [0.2, 0.25) is 0 Å². The lowest BCUT2D eigenvalue weighted by Crippen LogP contribution is -2.15. The molecule has 9 heterocycles. The van der Waals surface area contributed by atoms with Gasteiger partial charge in [0.1, 0.15) is 67.0 Å². The number of hydrogen-bond donors (Lipinski definition) is 0. The first-order valence-corrected chi connectivity index (χ1v) is 45.0. The number of fused-ring (bicyclic) bond motifs is 24. The van der Waals surface area contributed by atoms with Gasteiger partial charge in [0.25, 0.3) is 0 Å². The van der Waals surface area contributed by atoms with Crippen LogP contribution in [0.25, 0.3) is 278 Å². The van der Waals surface area contributed by atoms with Crippen molar-refractivity contribution in [3.8, 4) is 114 Å². The fraction of sp³-hybridized carbons (Fsp3) is 0.0250. The van der Waals surface area contributed by atoms with Crippen molar-refractivity contribution < 1.29 is 26.5 Å². The molecule has 15 heteroatoms. The number of para-hydroxylation sites is 6. The van der Waals surface area contributed by atoms with Gasteiger partial charge in [-0.25, -0.2) is 44.9 Å². The molecule has 135 heavy (non-hydrogen) atoms. The maximum Gasteiger partial charge on any atom is 0.164 e. The molecule has 0 bridgehead atoms. The van der Waals surface area contributed by atoms with Crippen molar-refractivity contribution in [3.63, 3.8) is 0 Å². The number of benzene rings is 19. The van der Waals surface area contributed by atoms with Crippen LogP contribution in [0.4, 0.5) is 0 Å². The van der Waals surface area contributed by atoms with Crippen LogP contribution in [0.3, 0.4) is 0 Å². The summed E-state index contributed by atoms with van der Waals surface area (Å²) < 4.78 is 37.1. The van der Waals surface area contributed by atoms with E-state index >= 15 is 0 Å². The maximum absolute atomic E-state index is 6.29. The smallest absolute Gasteiger partial charge is 0.164 e. The maximum atomic E-state index is 6.29. The molecule has 19 aromatic carbocycles. The Morgan fingerprint density at radius 2 is 0.422 bits per heavy atom. The molecular weight excluding hydrogens is 1660 g/mol. The number of aromatic nitrogens is 9. The van der Waals surface area contributed by atoms with Gasteiger partial charge in [0.15, 0.2) is 52.4 Å². The molecule has 0 spiro atoms. The topological polar surface area (TPSA) is 195 Å². The van der Waals surface area contributed by atoms with Gasteiger partial charge in [-0.05, 0) is 194 Å². The van der Waals surface area contributed by atoms with Crippen molar-refractivity contribution in [1.29, 1.82) is 0 Å². The zero-order valence-electron chi connectivity index (χ0n) is 72.5. The quantitative estimate of drug-likeness (QED) is 0.132. The molecule has 0 amide bonds. The molecule has 0 aliphatic heterocycles. The van der Waals surface area contributed by atoms with Crippen molar-refractivity contribution in [3.05, 3.63) is 405 Å². The third-order valence-corrected chi connectivity index (χ3v) is 26.6. The van der Waals surface area contributed by atoms with Gasteiger partial charge in [0.05, 0.1) is 0 Å². The minimum Gasteiger partial charge on any atom is -0.456 e. The Kier molecular flexibility index (Phi) is 17.3. The molecule has 0 radical (unpaired) electrons. The van der Waals surface area contributed by atoms with Crippen molar-refractivity contribution in [1.82, 2.24) is 44.9 Å². The van der Waals surface area contributed by atoms with Crippen LogP contribution in [0.15, 0.2) is 421 Å². The summed E-state index contributed by atoms with van der Waals surface area (Å²) in [5.41, 5.74) is 23.0. The molecule has 0 saturated carbocycles. The summed E-state index contributed by atoms with van der Waals surface area (Å²) in [6.45, 7) is 4.63. The number of furan rings is 6. The Morgan fingerprint density at radius 3 is 0.852 bits per heavy atom. The third-order valence-electron chi connectivity index (χ3n) is 26.6. The summed E-state index contributed by atoms with van der Waals surface area (Å²) in [5, 5.41) is 19.6. The van der Waals surface area contributed by atoms with Gasteiger partial charge >= 0.3 is 0 Å². The van der Waals surface area contributed by atoms with E-state index < -0.39 is 0 Å². The SMILES string of the molecule is CC1(C)c2cc(-c3nc(-c4cccc5oc6ccccc6c45)nc(-c4cccc5oc6ccccc6c45)n3)ccc2-c2cc3ccccc3cc21.c1ccc2cc(-c3nc(-c4ccc5c(c4)oc4ccccc45)nc(-c4ccc5c(c4)oc4ccccc45)n3)ccc2c1.c1ccc2cc(-c3nc(-c4ccc5oc6ccccc6c5c4)nc(-c4ccc5oc6ccccc6c5c4)n3)ccc2c1. The minimum atomic E-state index is -0.202. The van der Waals surface area contributed by atoms with E-state index in [4.69, 9.17) is 71.4 Å².